The van der Waals surface area contributed by atoms with Gasteiger partial charge >= 0.3 is 0 Å². The van der Waals surface area contributed by atoms with E-state index in [2.05, 4.69) is 11.8 Å². The van der Waals surface area contributed by atoms with Crippen LogP contribution in [0.5, 0.6) is 5.75 Å². The monoisotopic (exact) mass is 220 g/mol. The number of Topliss-reactive ketones (excluding diaryl/α,β-unsaturated/α-hetero) is 1. The van der Waals surface area contributed by atoms with Crippen molar-refractivity contribution in [3.05, 3.63) is 29.6 Å². The molecule has 0 unspecified atom stereocenters. The van der Waals surface area contributed by atoms with E-state index in [1.54, 1.807) is 13.0 Å². The van der Waals surface area contributed by atoms with Crippen LogP contribution in [0.1, 0.15) is 30.1 Å². The summed E-state index contributed by atoms with van der Waals surface area (Å²) < 4.78 is 18.3. The maximum atomic E-state index is 13.5. The van der Waals surface area contributed by atoms with Crippen LogP contribution in [0.2, 0.25) is 0 Å². The molecule has 84 valence electrons. The fourth-order valence-corrected chi connectivity index (χ4v) is 1.28. The predicted octanol–water partition coefficient (Wildman–Crippen LogP) is 2.82. The lowest BCUT2D eigenvalue weighted by atomic mass is 10.1. The molecular weight excluding hydrogens is 207 g/mol. The van der Waals surface area contributed by atoms with Crippen molar-refractivity contribution in [3.63, 3.8) is 0 Å². The third-order valence-electron chi connectivity index (χ3n) is 2.13. The number of carbonyl (C=O) groups is 1. The number of benzene rings is 1. The Hall–Kier alpha value is -1.82. The molecule has 3 heteroatoms. The molecule has 0 heterocycles. The molecule has 0 spiro atoms. The van der Waals surface area contributed by atoms with Gasteiger partial charge in [0, 0.05) is 18.9 Å². The lowest BCUT2D eigenvalue weighted by Crippen LogP contribution is -2.02. The van der Waals surface area contributed by atoms with Crippen LogP contribution in [-0.4, -0.2) is 12.9 Å². The zero-order chi connectivity index (χ0) is 12.0. The summed E-state index contributed by atoms with van der Waals surface area (Å²) in [5.74, 6) is 5.09. The SMILES string of the molecule is CC#CCCC(=O)c1ccc(OC)cc1F. The van der Waals surface area contributed by atoms with Crippen LogP contribution in [0.25, 0.3) is 0 Å². The molecule has 0 saturated heterocycles. The van der Waals surface area contributed by atoms with Gasteiger partial charge in [0.2, 0.25) is 0 Å². The molecule has 0 aliphatic carbocycles. The normalized spacial score (nSPS) is 9.19. The molecule has 0 aromatic heterocycles. The summed E-state index contributed by atoms with van der Waals surface area (Å²) in [6.45, 7) is 1.71. The summed E-state index contributed by atoms with van der Waals surface area (Å²) in [6, 6.07) is 4.22. The van der Waals surface area contributed by atoms with E-state index in [-0.39, 0.29) is 17.8 Å². The molecule has 0 atom stereocenters. The van der Waals surface area contributed by atoms with Gasteiger partial charge in [0.05, 0.1) is 12.7 Å². The van der Waals surface area contributed by atoms with E-state index >= 15 is 0 Å². The summed E-state index contributed by atoms with van der Waals surface area (Å²) in [4.78, 5) is 11.6. The first-order valence-corrected chi connectivity index (χ1v) is 4.95. The number of carbonyl (C=O) groups excluding carboxylic acids is 1. The van der Waals surface area contributed by atoms with Crippen LogP contribution < -0.4 is 4.74 Å². The smallest absolute Gasteiger partial charge is 0.166 e. The van der Waals surface area contributed by atoms with Crippen molar-refractivity contribution in [2.24, 2.45) is 0 Å². The van der Waals surface area contributed by atoms with E-state index in [4.69, 9.17) is 4.74 Å². The molecule has 1 rings (SSSR count). The van der Waals surface area contributed by atoms with Crippen molar-refractivity contribution in [3.8, 4) is 17.6 Å². The highest BCUT2D eigenvalue weighted by Gasteiger charge is 2.11. The first kappa shape index (κ1) is 12.3. The van der Waals surface area contributed by atoms with Gasteiger partial charge < -0.3 is 4.74 Å². The number of ether oxygens (including phenoxy) is 1. The van der Waals surface area contributed by atoms with Gasteiger partial charge in [-0.25, -0.2) is 4.39 Å². The quantitative estimate of drug-likeness (QED) is 0.576. The first-order chi connectivity index (χ1) is 7.69. The third kappa shape index (κ3) is 3.09. The highest BCUT2D eigenvalue weighted by atomic mass is 19.1. The fourth-order valence-electron chi connectivity index (χ4n) is 1.28. The Bertz CT molecular complexity index is 441. The molecule has 0 amide bonds. The highest BCUT2D eigenvalue weighted by molar-refractivity contribution is 5.96. The second kappa shape index (κ2) is 5.92. The maximum absolute atomic E-state index is 13.5. The number of hydrogen-bond acceptors (Lipinski definition) is 2. The summed E-state index contributed by atoms with van der Waals surface area (Å²) in [6.07, 6.45) is 0.699. The molecule has 0 radical (unpaired) electrons. The van der Waals surface area contributed by atoms with Gasteiger partial charge in [-0.2, -0.15) is 0 Å². The van der Waals surface area contributed by atoms with Gasteiger partial charge in [0.15, 0.2) is 5.78 Å². The average molecular weight is 220 g/mol. The highest BCUT2D eigenvalue weighted by Crippen LogP contribution is 2.17. The number of methoxy groups -OCH3 is 1. The number of ketones is 1. The molecule has 0 N–H and O–H groups in total. The van der Waals surface area contributed by atoms with Crippen LogP contribution in [0, 0.1) is 17.7 Å². The minimum Gasteiger partial charge on any atom is -0.497 e. The summed E-state index contributed by atoms with van der Waals surface area (Å²) >= 11 is 0. The van der Waals surface area contributed by atoms with E-state index in [9.17, 15) is 9.18 Å². The zero-order valence-electron chi connectivity index (χ0n) is 9.34. The van der Waals surface area contributed by atoms with Gasteiger partial charge in [0.25, 0.3) is 0 Å². The Balaban J connectivity index is 2.78. The molecule has 16 heavy (non-hydrogen) atoms. The molecule has 1 aromatic carbocycles. The zero-order valence-corrected chi connectivity index (χ0v) is 9.34. The van der Waals surface area contributed by atoms with E-state index < -0.39 is 5.82 Å². The minimum atomic E-state index is -0.547. The Morgan fingerprint density at radius 2 is 2.25 bits per heavy atom. The largest absolute Gasteiger partial charge is 0.497 e. The van der Waals surface area contributed by atoms with Crippen molar-refractivity contribution >= 4 is 5.78 Å². The topological polar surface area (TPSA) is 26.3 Å². The molecule has 0 aliphatic rings. The van der Waals surface area contributed by atoms with Gasteiger partial charge in [0.1, 0.15) is 11.6 Å². The molecule has 1 aromatic rings. The first-order valence-electron chi connectivity index (χ1n) is 4.95. The number of halogens is 1. The molecular formula is C13H13FO2. The van der Waals surface area contributed by atoms with Gasteiger partial charge in [-0.05, 0) is 19.1 Å². The van der Waals surface area contributed by atoms with Crippen LogP contribution in [0.4, 0.5) is 4.39 Å². The molecule has 0 aliphatic heterocycles. The van der Waals surface area contributed by atoms with E-state index in [0.29, 0.717) is 12.2 Å². The standard InChI is InChI=1S/C13H13FO2/c1-3-4-5-6-13(15)11-8-7-10(16-2)9-12(11)14/h7-9H,5-6H2,1-2H3. The van der Waals surface area contributed by atoms with Crippen LogP contribution in [-0.2, 0) is 0 Å². The predicted molar refractivity (Wildman–Crippen MR) is 60.0 cm³/mol. The molecule has 0 bridgehead atoms. The summed E-state index contributed by atoms with van der Waals surface area (Å²) in [7, 11) is 1.45. The third-order valence-corrected chi connectivity index (χ3v) is 2.13. The second-order valence-electron chi connectivity index (χ2n) is 3.20. The van der Waals surface area contributed by atoms with Gasteiger partial charge in [-0.3, -0.25) is 4.79 Å². The van der Waals surface area contributed by atoms with Crippen molar-refractivity contribution in [2.45, 2.75) is 19.8 Å². The minimum absolute atomic E-state index is 0.0960. The molecule has 0 fully saturated rings. The lowest BCUT2D eigenvalue weighted by molar-refractivity contribution is 0.0980. The van der Waals surface area contributed by atoms with Gasteiger partial charge in [-0.1, -0.05) is 0 Å². The summed E-state index contributed by atoms with van der Waals surface area (Å²) in [5.41, 5.74) is 0.0960. The Morgan fingerprint density at radius 1 is 1.50 bits per heavy atom. The Morgan fingerprint density at radius 3 is 2.81 bits per heavy atom. The number of hydrogen-bond donors (Lipinski definition) is 0. The van der Waals surface area contributed by atoms with Crippen molar-refractivity contribution in [1.82, 2.24) is 0 Å². The Kier molecular flexibility index (Phi) is 4.53. The average Bonchev–Trinajstić information content (AvgIpc) is 2.29. The Labute approximate surface area is 94.4 Å². The second-order valence-corrected chi connectivity index (χ2v) is 3.20. The van der Waals surface area contributed by atoms with Crippen LogP contribution >= 0.6 is 0 Å². The van der Waals surface area contributed by atoms with Crippen molar-refractivity contribution in [2.75, 3.05) is 7.11 Å². The van der Waals surface area contributed by atoms with Crippen molar-refractivity contribution in [1.29, 1.82) is 0 Å². The fraction of sp³-hybridized carbons (Fsp3) is 0.308. The number of rotatable bonds is 4. The maximum Gasteiger partial charge on any atom is 0.166 e. The van der Waals surface area contributed by atoms with Gasteiger partial charge in [-0.15, -0.1) is 11.8 Å². The van der Waals surface area contributed by atoms with E-state index in [1.807, 2.05) is 0 Å². The van der Waals surface area contributed by atoms with E-state index in [1.165, 1.54) is 19.2 Å². The molecule has 2 nitrogen and oxygen atoms in total. The van der Waals surface area contributed by atoms with Crippen molar-refractivity contribution < 1.29 is 13.9 Å². The van der Waals surface area contributed by atoms with Crippen LogP contribution in [0.3, 0.4) is 0 Å². The summed E-state index contributed by atoms with van der Waals surface area (Å²) in [5, 5.41) is 0. The molecule has 0 saturated carbocycles. The van der Waals surface area contributed by atoms with E-state index in [0.717, 1.165) is 0 Å². The van der Waals surface area contributed by atoms with Crippen LogP contribution in [0.15, 0.2) is 18.2 Å². The lowest BCUT2D eigenvalue weighted by Gasteiger charge is -2.03.